The van der Waals surface area contributed by atoms with E-state index in [0.717, 1.165) is 18.6 Å². The lowest BCUT2D eigenvalue weighted by molar-refractivity contribution is -0.137. The molecule has 1 atom stereocenters. The second-order valence-electron chi connectivity index (χ2n) is 8.07. The normalized spacial score (nSPS) is 20.2. The summed E-state index contributed by atoms with van der Waals surface area (Å²) in [4.78, 5) is 14.9. The van der Waals surface area contributed by atoms with E-state index in [2.05, 4.69) is 0 Å². The van der Waals surface area contributed by atoms with Crippen LogP contribution >= 0.6 is 0 Å². The van der Waals surface area contributed by atoms with Gasteiger partial charge in [-0.15, -0.1) is 0 Å². The SMILES string of the molecule is CS(=O)(=O)N1CCCC(N2CCc3c(Oc4ccc(C(F)(F)F)cc4)cccc3C2=O)C1. The van der Waals surface area contributed by atoms with Crippen molar-refractivity contribution in [3.8, 4) is 11.5 Å². The summed E-state index contributed by atoms with van der Waals surface area (Å²) in [5.74, 6) is 0.485. The number of sulfonamides is 1. The van der Waals surface area contributed by atoms with E-state index in [-0.39, 0.29) is 24.2 Å². The molecule has 6 nitrogen and oxygen atoms in total. The van der Waals surface area contributed by atoms with Crippen LogP contribution in [0.25, 0.3) is 0 Å². The van der Waals surface area contributed by atoms with Gasteiger partial charge in [0.2, 0.25) is 10.0 Å². The van der Waals surface area contributed by atoms with E-state index in [1.807, 2.05) is 0 Å². The number of nitrogens with zero attached hydrogens (tertiary/aromatic N) is 2. The summed E-state index contributed by atoms with van der Waals surface area (Å²) in [6.07, 6.45) is -1.33. The van der Waals surface area contributed by atoms with Crippen LogP contribution in [0.15, 0.2) is 42.5 Å². The molecule has 1 amide bonds. The Labute approximate surface area is 184 Å². The van der Waals surface area contributed by atoms with Crippen LogP contribution in [0.1, 0.15) is 34.3 Å². The third-order valence-corrected chi connectivity index (χ3v) is 7.18. The molecule has 10 heteroatoms. The van der Waals surface area contributed by atoms with E-state index in [9.17, 15) is 26.4 Å². The lowest BCUT2D eigenvalue weighted by atomic mass is 9.95. The Balaban J connectivity index is 1.53. The number of rotatable bonds is 4. The number of alkyl halides is 3. The number of fused-ring (bicyclic) bond motifs is 1. The van der Waals surface area contributed by atoms with Crippen molar-refractivity contribution in [1.82, 2.24) is 9.21 Å². The van der Waals surface area contributed by atoms with Crippen LogP contribution in [0.4, 0.5) is 13.2 Å². The Kier molecular flexibility index (Phi) is 5.93. The minimum atomic E-state index is -4.42. The lowest BCUT2D eigenvalue weighted by Crippen LogP contribution is -2.53. The van der Waals surface area contributed by atoms with Crippen molar-refractivity contribution in [2.45, 2.75) is 31.5 Å². The molecule has 2 aliphatic rings. The van der Waals surface area contributed by atoms with Gasteiger partial charge < -0.3 is 9.64 Å². The van der Waals surface area contributed by atoms with Gasteiger partial charge in [0.25, 0.3) is 5.91 Å². The van der Waals surface area contributed by atoms with Gasteiger partial charge in [-0.25, -0.2) is 12.7 Å². The number of carbonyl (C=O) groups excluding carboxylic acids is 1. The average molecular weight is 468 g/mol. The fraction of sp³-hybridized carbons (Fsp3) is 0.409. The molecule has 2 aromatic carbocycles. The van der Waals surface area contributed by atoms with Crippen LogP contribution < -0.4 is 4.74 Å². The first-order valence-corrected chi connectivity index (χ1v) is 12.1. The standard InChI is InChI=1S/C22H23F3N2O4S/c1-32(29,30)26-12-3-4-16(14-26)27-13-11-18-19(21(27)28)5-2-6-20(18)31-17-9-7-15(8-10-17)22(23,24)25/h2,5-10,16H,3-4,11-14H2,1H3. The van der Waals surface area contributed by atoms with Gasteiger partial charge >= 0.3 is 6.18 Å². The first-order chi connectivity index (χ1) is 15.0. The molecule has 0 aromatic heterocycles. The molecule has 172 valence electrons. The van der Waals surface area contributed by atoms with Gasteiger partial charge in [-0.2, -0.15) is 13.2 Å². The van der Waals surface area contributed by atoms with E-state index < -0.39 is 21.8 Å². The Bertz CT molecular complexity index is 1120. The monoisotopic (exact) mass is 468 g/mol. The third-order valence-electron chi connectivity index (χ3n) is 5.91. The van der Waals surface area contributed by atoms with Crippen molar-refractivity contribution < 1.29 is 31.1 Å². The number of piperidine rings is 1. The Morgan fingerprint density at radius 2 is 1.78 bits per heavy atom. The molecule has 0 bridgehead atoms. The molecule has 0 radical (unpaired) electrons. The largest absolute Gasteiger partial charge is 0.457 e. The van der Waals surface area contributed by atoms with Crippen molar-refractivity contribution in [2.24, 2.45) is 0 Å². The maximum absolute atomic E-state index is 13.2. The zero-order valence-electron chi connectivity index (χ0n) is 17.4. The molecular weight excluding hydrogens is 445 g/mol. The number of hydrogen-bond acceptors (Lipinski definition) is 4. The summed E-state index contributed by atoms with van der Waals surface area (Å²) in [6.45, 7) is 1.15. The zero-order chi connectivity index (χ0) is 23.1. The second kappa shape index (κ2) is 8.40. The van der Waals surface area contributed by atoms with Gasteiger partial charge in [-0.3, -0.25) is 4.79 Å². The minimum absolute atomic E-state index is 0.190. The van der Waals surface area contributed by atoms with Crippen LogP contribution in [0.5, 0.6) is 11.5 Å². The van der Waals surface area contributed by atoms with Gasteiger partial charge in [-0.1, -0.05) is 6.07 Å². The molecule has 32 heavy (non-hydrogen) atoms. The van der Waals surface area contributed by atoms with Crippen LogP contribution in [-0.2, 0) is 22.6 Å². The van der Waals surface area contributed by atoms with Crippen LogP contribution in [0, 0.1) is 0 Å². The van der Waals surface area contributed by atoms with Gasteiger partial charge in [0.05, 0.1) is 11.8 Å². The minimum Gasteiger partial charge on any atom is -0.457 e. The van der Waals surface area contributed by atoms with E-state index in [4.69, 9.17) is 4.74 Å². The highest BCUT2D eigenvalue weighted by molar-refractivity contribution is 7.88. The summed E-state index contributed by atoms with van der Waals surface area (Å²) in [6, 6.07) is 9.26. The predicted molar refractivity (Wildman–Crippen MR) is 112 cm³/mol. The topological polar surface area (TPSA) is 66.9 Å². The quantitative estimate of drug-likeness (QED) is 0.682. The summed E-state index contributed by atoms with van der Waals surface area (Å²) in [7, 11) is -3.32. The second-order valence-corrected chi connectivity index (χ2v) is 10.1. The first-order valence-electron chi connectivity index (χ1n) is 10.3. The smallest absolute Gasteiger partial charge is 0.416 e. The third kappa shape index (κ3) is 4.61. The van der Waals surface area contributed by atoms with Crippen molar-refractivity contribution >= 4 is 15.9 Å². The van der Waals surface area contributed by atoms with E-state index >= 15 is 0 Å². The van der Waals surface area contributed by atoms with E-state index in [0.29, 0.717) is 42.8 Å². The molecule has 1 saturated heterocycles. The number of halogens is 3. The molecule has 0 N–H and O–H groups in total. The Morgan fingerprint density at radius 1 is 1.06 bits per heavy atom. The molecule has 2 heterocycles. The summed E-state index contributed by atoms with van der Waals surface area (Å²) in [5.41, 5.74) is 0.406. The number of amides is 1. The van der Waals surface area contributed by atoms with Crippen molar-refractivity contribution in [3.63, 3.8) is 0 Å². The maximum atomic E-state index is 13.2. The lowest BCUT2D eigenvalue weighted by Gasteiger charge is -2.40. The number of hydrogen-bond donors (Lipinski definition) is 0. The fourth-order valence-corrected chi connectivity index (χ4v) is 5.18. The Morgan fingerprint density at radius 3 is 2.44 bits per heavy atom. The molecule has 4 rings (SSSR count). The highest BCUT2D eigenvalue weighted by Crippen LogP contribution is 2.35. The number of benzene rings is 2. The zero-order valence-corrected chi connectivity index (χ0v) is 18.2. The molecule has 2 aromatic rings. The highest BCUT2D eigenvalue weighted by Gasteiger charge is 2.36. The van der Waals surface area contributed by atoms with Crippen LogP contribution in [0.3, 0.4) is 0 Å². The van der Waals surface area contributed by atoms with Crippen molar-refractivity contribution in [1.29, 1.82) is 0 Å². The van der Waals surface area contributed by atoms with Crippen LogP contribution in [0.2, 0.25) is 0 Å². The maximum Gasteiger partial charge on any atom is 0.416 e. The molecule has 2 aliphatic heterocycles. The van der Waals surface area contributed by atoms with Crippen LogP contribution in [-0.4, -0.2) is 55.5 Å². The number of carbonyl (C=O) groups is 1. The predicted octanol–water partition coefficient (Wildman–Crippen LogP) is 3.92. The highest BCUT2D eigenvalue weighted by atomic mass is 32.2. The molecule has 0 saturated carbocycles. The first kappa shape index (κ1) is 22.6. The summed E-state index contributed by atoms with van der Waals surface area (Å²) in [5, 5.41) is 0. The molecular formula is C22H23F3N2O4S. The van der Waals surface area contributed by atoms with Gasteiger partial charge in [0.1, 0.15) is 11.5 Å². The molecule has 0 spiro atoms. The van der Waals surface area contributed by atoms with Crippen molar-refractivity contribution in [2.75, 3.05) is 25.9 Å². The van der Waals surface area contributed by atoms with Gasteiger partial charge in [-0.05, 0) is 55.7 Å². The Hall–Kier alpha value is -2.59. The number of ether oxygens (including phenoxy) is 1. The van der Waals surface area contributed by atoms with Crippen molar-refractivity contribution in [3.05, 3.63) is 59.2 Å². The van der Waals surface area contributed by atoms with Gasteiger partial charge in [0.15, 0.2) is 0 Å². The summed E-state index contributed by atoms with van der Waals surface area (Å²) >= 11 is 0. The molecule has 0 aliphatic carbocycles. The van der Waals surface area contributed by atoms with E-state index in [1.54, 1.807) is 23.1 Å². The van der Waals surface area contributed by atoms with Gasteiger partial charge in [0, 0.05) is 36.8 Å². The molecule has 1 fully saturated rings. The summed E-state index contributed by atoms with van der Waals surface area (Å²) < 4.78 is 69.4. The van der Waals surface area contributed by atoms with E-state index in [1.165, 1.54) is 22.7 Å². The average Bonchev–Trinajstić information content (AvgIpc) is 2.74. The molecule has 1 unspecified atom stereocenters. The fourth-order valence-electron chi connectivity index (χ4n) is 4.27.